The number of amides is 3. The maximum Gasteiger partial charge on any atom is 0.350 e. The van der Waals surface area contributed by atoms with E-state index in [0.717, 1.165) is 24.2 Å². The number of thiazole rings is 1. The van der Waals surface area contributed by atoms with Crippen LogP contribution in [0.5, 0.6) is 0 Å². The van der Waals surface area contributed by atoms with Crippen LogP contribution in [0.4, 0.5) is 4.79 Å². The second kappa shape index (κ2) is 9.56. The molecule has 2 aromatic rings. The number of nitrogens with zero attached hydrogens (tertiary/aromatic N) is 3. The lowest BCUT2D eigenvalue weighted by Gasteiger charge is -2.06. The maximum atomic E-state index is 12.1. The highest BCUT2D eigenvalue weighted by molar-refractivity contribution is 7.16. The molecule has 0 unspecified atom stereocenters. The number of unbranched alkanes of at least 4 members (excludes halogenated alkanes) is 1. The number of carbonyl (C=O) groups excluding carboxylic acids is 3. The third kappa shape index (κ3) is 5.59. The van der Waals surface area contributed by atoms with Gasteiger partial charge in [-0.05, 0) is 19.4 Å². The molecule has 2 rings (SSSR count). The van der Waals surface area contributed by atoms with Crippen LogP contribution in [0.15, 0.2) is 18.5 Å². The van der Waals surface area contributed by atoms with Crippen molar-refractivity contribution in [1.29, 1.82) is 0 Å². The van der Waals surface area contributed by atoms with Gasteiger partial charge < -0.3 is 10.1 Å². The lowest BCUT2D eigenvalue weighted by atomic mass is 10.3. The molecule has 10 heteroatoms. The average molecular weight is 377 g/mol. The molecule has 138 valence electrons. The first-order valence-electron chi connectivity index (χ1n) is 8.01. The van der Waals surface area contributed by atoms with E-state index in [-0.39, 0.29) is 4.88 Å². The third-order valence-electron chi connectivity index (χ3n) is 3.14. The standard InChI is InChI=1S/C16H19N5O4S/c1-3-4-6-19-16(24)21-11(22)9-25-15(23)12-10(2)20-14(26-12)13-17-7-5-8-18-13/h5,7-8H,3-4,6,9H2,1-2H3,(H2,19,21,22,24). The number of esters is 1. The largest absolute Gasteiger partial charge is 0.451 e. The van der Waals surface area contributed by atoms with Crippen molar-refractivity contribution in [3.05, 3.63) is 29.0 Å². The SMILES string of the molecule is CCCCNC(=O)NC(=O)COC(=O)c1sc(-c2ncccn2)nc1C. The van der Waals surface area contributed by atoms with Crippen molar-refractivity contribution in [3.63, 3.8) is 0 Å². The minimum absolute atomic E-state index is 0.257. The fourth-order valence-electron chi connectivity index (χ4n) is 1.87. The molecule has 0 bridgehead atoms. The first kappa shape index (κ1) is 19.4. The van der Waals surface area contributed by atoms with Crippen LogP contribution < -0.4 is 10.6 Å². The van der Waals surface area contributed by atoms with Crippen LogP contribution in [-0.4, -0.2) is 46.0 Å². The van der Waals surface area contributed by atoms with Crippen molar-refractivity contribution in [3.8, 4) is 10.8 Å². The Kier molecular flexibility index (Phi) is 7.15. The Morgan fingerprint density at radius 3 is 2.65 bits per heavy atom. The Bertz CT molecular complexity index is 778. The van der Waals surface area contributed by atoms with E-state index in [2.05, 4.69) is 25.6 Å². The van der Waals surface area contributed by atoms with Crippen LogP contribution in [0, 0.1) is 6.92 Å². The molecule has 0 spiro atoms. The molecule has 3 amide bonds. The number of ether oxygens (including phenoxy) is 1. The Morgan fingerprint density at radius 1 is 1.23 bits per heavy atom. The van der Waals surface area contributed by atoms with Gasteiger partial charge in [-0.3, -0.25) is 10.1 Å². The molecule has 0 saturated heterocycles. The number of aromatic nitrogens is 3. The zero-order valence-electron chi connectivity index (χ0n) is 14.4. The van der Waals surface area contributed by atoms with Crippen molar-refractivity contribution in [2.24, 2.45) is 0 Å². The molecular formula is C16H19N5O4S. The summed E-state index contributed by atoms with van der Waals surface area (Å²) in [7, 11) is 0. The summed E-state index contributed by atoms with van der Waals surface area (Å²) in [5.74, 6) is -0.994. The Hall–Kier alpha value is -2.88. The lowest BCUT2D eigenvalue weighted by Crippen LogP contribution is -2.41. The molecule has 26 heavy (non-hydrogen) atoms. The number of rotatable bonds is 7. The number of nitrogens with one attached hydrogen (secondary N) is 2. The molecule has 0 aromatic carbocycles. The second-order valence-electron chi connectivity index (χ2n) is 5.24. The van der Waals surface area contributed by atoms with Crippen LogP contribution in [0.2, 0.25) is 0 Å². The second-order valence-corrected chi connectivity index (χ2v) is 6.24. The van der Waals surface area contributed by atoms with E-state index in [1.54, 1.807) is 25.4 Å². The average Bonchev–Trinajstić information content (AvgIpc) is 3.02. The molecule has 0 radical (unpaired) electrons. The van der Waals surface area contributed by atoms with Crippen LogP contribution in [0.1, 0.15) is 35.1 Å². The van der Waals surface area contributed by atoms with E-state index in [9.17, 15) is 14.4 Å². The van der Waals surface area contributed by atoms with Gasteiger partial charge in [0, 0.05) is 18.9 Å². The molecule has 0 fully saturated rings. The lowest BCUT2D eigenvalue weighted by molar-refractivity contribution is -0.123. The minimum atomic E-state index is -0.707. The number of aryl methyl sites for hydroxylation is 1. The quantitative estimate of drug-likeness (QED) is 0.556. The van der Waals surface area contributed by atoms with Gasteiger partial charge in [-0.25, -0.2) is 24.5 Å². The molecular weight excluding hydrogens is 358 g/mol. The summed E-state index contributed by atoms with van der Waals surface area (Å²) in [5.41, 5.74) is 0.458. The molecule has 0 aliphatic rings. The highest BCUT2D eigenvalue weighted by Gasteiger charge is 2.20. The van der Waals surface area contributed by atoms with Crippen molar-refractivity contribution < 1.29 is 19.1 Å². The molecule has 0 aliphatic heterocycles. The van der Waals surface area contributed by atoms with Gasteiger partial charge in [0.15, 0.2) is 17.4 Å². The summed E-state index contributed by atoms with van der Waals surface area (Å²) in [6.45, 7) is 3.55. The van der Waals surface area contributed by atoms with Gasteiger partial charge in [-0.1, -0.05) is 13.3 Å². The Morgan fingerprint density at radius 2 is 1.96 bits per heavy atom. The van der Waals surface area contributed by atoms with Gasteiger partial charge in [0.25, 0.3) is 5.91 Å². The van der Waals surface area contributed by atoms with Crippen molar-refractivity contribution in [1.82, 2.24) is 25.6 Å². The zero-order chi connectivity index (χ0) is 18.9. The molecule has 2 N–H and O–H groups in total. The van der Waals surface area contributed by atoms with E-state index < -0.39 is 24.5 Å². The molecule has 0 atom stereocenters. The summed E-state index contributed by atoms with van der Waals surface area (Å²) >= 11 is 1.08. The van der Waals surface area contributed by atoms with Crippen molar-refractivity contribution in [2.45, 2.75) is 26.7 Å². The molecule has 2 heterocycles. The van der Waals surface area contributed by atoms with E-state index in [1.807, 2.05) is 6.92 Å². The molecule has 0 saturated carbocycles. The monoisotopic (exact) mass is 377 g/mol. The predicted octanol–water partition coefficient (Wildman–Crippen LogP) is 1.69. The Labute approximate surface area is 154 Å². The minimum Gasteiger partial charge on any atom is -0.451 e. The third-order valence-corrected chi connectivity index (χ3v) is 4.28. The van der Waals surface area contributed by atoms with Gasteiger partial charge in [0.05, 0.1) is 5.69 Å². The van der Waals surface area contributed by atoms with E-state index >= 15 is 0 Å². The topological polar surface area (TPSA) is 123 Å². The van der Waals surface area contributed by atoms with Gasteiger partial charge >= 0.3 is 12.0 Å². The zero-order valence-corrected chi connectivity index (χ0v) is 15.3. The normalized spacial score (nSPS) is 10.2. The molecule has 9 nitrogen and oxygen atoms in total. The predicted molar refractivity (Wildman–Crippen MR) is 94.6 cm³/mol. The van der Waals surface area contributed by atoms with Gasteiger partial charge in [-0.15, -0.1) is 11.3 Å². The number of imide groups is 1. The smallest absolute Gasteiger partial charge is 0.350 e. The highest BCUT2D eigenvalue weighted by atomic mass is 32.1. The summed E-state index contributed by atoms with van der Waals surface area (Å²) < 4.78 is 4.95. The first-order valence-corrected chi connectivity index (χ1v) is 8.82. The highest BCUT2D eigenvalue weighted by Crippen LogP contribution is 2.25. The van der Waals surface area contributed by atoms with Crippen LogP contribution in [0.3, 0.4) is 0 Å². The van der Waals surface area contributed by atoms with E-state index in [4.69, 9.17) is 4.74 Å². The summed E-state index contributed by atoms with van der Waals surface area (Å²) in [6, 6.07) is 1.06. The van der Waals surface area contributed by atoms with Gasteiger partial charge in [0.2, 0.25) is 0 Å². The van der Waals surface area contributed by atoms with E-state index in [0.29, 0.717) is 23.1 Å². The number of hydrogen-bond donors (Lipinski definition) is 2. The number of carbonyl (C=O) groups is 3. The Balaban J connectivity index is 1.87. The fraction of sp³-hybridized carbons (Fsp3) is 0.375. The van der Waals surface area contributed by atoms with Crippen LogP contribution in [0.25, 0.3) is 10.8 Å². The van der Waals surface area contributed by atoms with Crippen LogP contribution >= 0.6 is 11.3 Å². The van der Waals surface area contributed by atoms with Crippen molar-refractivity contribution in [2.75, 3.05) is 13.2 Å². The fourth-order valence-corrected chi connectivity index (χ4v) is 2.78. The van der Waals surface area contributed by atoms with Gasteiger partial charge in [0.1, 0.15) is 4.88 Å². The van der Waals surface area contributed by atoms with Crippen LogP contribution in [-0.2, 0) is 9.53 Å². The van der Waals surface area contributed by atoms with Crippen molar-refractivity contribution >= 4 is 29.2 Å². The number of hydrogen-bond acceptors (Lipinski definition) is 8. The molecule has 2 aromatic heterocycles. The summed E-state index contributed by atoms with van der Waals surface area (Å²) in [6.07, 6.45) is 4.89. The summed E-state index contributed by atoms with van der Waals surface area (Å²) in [5, 5.41) is 5.11. The first-order chi connectivity index (χ1) is 12.5. The maximum absolute atomic E-state index is 12.1. The summed E-state index contributed by atoms with van der Waals surface area (Å²) in [4.78, 5) is 47.9. The number of urea groups is 1. The molecule has 0 aliphatic carbocycles. The van der Waals surface area contributed by atoms with E-state index in [1.165, 1.54) is 0 Å². The van der Waals surface area contributed by atoms with Gasteiger partial charge in [-0.2, -0.15) is 0 Å².